The Kier molecular flexibility index (Phi) is 6.69. The van der Waals surface area contributed by atoms with Gasteiger partial charge in [0.15, 0.2) is 0 Å². The molecule has 0 spiro atoms. The number of nitriles is 1. The van der Waals surface area contributed by atoms with Gasteiger partial charge in [-0.1, -0.05) is 30.0 Å². The number of nitrogens with zero attached hydrogens (tertiary/aromatic N) is 2. The normalized spacial score (nSPS) is 11.0. The van der Waals surface area contributed by atoms with E-state index < -0.39 is 23.2 Å². The number of thioether (sulfide) groups is 1. The number of ether oxygens (including phenoxy) is 1. The number of methoxy groups -OCH3 is 1. The van der Waals surface area contributed by atoms with Gasteiger partial charge in [0.1, 0.15) is 16.8 Å². The quantitative estimate of drug-likeness (QED) is 0.755. The molecule has 0 saturated carbocycles. The molecule has 0 atom stereocenters. The molecule has 5 nitrogen and oxygen atoms in total. The average molecular weight is 395 g/mol. The Morgan fingerprint density at radius 1 is 1.37 bits per heavy atom. The van der Waals surface area contributed by atoms with Crippen molar-refractivity contribution in [2.24, 2.45) is 0 Å². The van der Waals surface area contributed by atoms with Crippen LogP contribution in [0.25, 0.3) is 0 Å². The molecule has 0 fully saturated rings. The van der Waals surface area contributed by atoms with Crippen molar-refractivity contribution in [3.8, 4) is 11.8 Å². The minimum Gasteiger partial charge on any atom is -0.496 e. The molecule has 0 radical (unpaired) electrons. The van der Waals surface area contributed by atoms with Crippen LogP contribution in [-0.4, -0.2) is 23.8 Å². The highest BCUT2D eigenvalue weighted by Gasteiger charge is 2.35. The second kappa shape index (κ2) is 8.77. The molecule has 0 saturated heterocycles. The molecule has 142 valence electrons. The fourth-order valence-corrected chi connectivity index (χ4v) is 3.19. The average Bonchev–Trinajstić information content (AvgIpc) is 2.63. The predicted molar refractivity (Wildman–Crippen MR) is 94.3 cm³/mol. The number of halogens is 3. The monoisotopic (exact) mass is 395 g/mol. The van der Waals surface area contributed by atoms with Crippen molar-refractivity contribution in [3.05, 3.63) is 52.7 Å². The molecule has 1 aromatic heterocycles. The van der Waals surface area contributed by atoms with Crippen LogP contribution in [0.2, 0.25) is 0 Å². The number of alkyl halides is 3. The third-order valence-electron chi connectivity index (χ3n) is 3.54. The van der Waals surface area contributed by atoms with Crippen LogP contribution in [0.1, 0.15) is 22.4 Å². The molecule has 0 aliphatic heterocycles. The number of amides is 1. The molecule has 1 aromatic carbocycles. The number of nitrogens with one attached hydrogen (secondary N) is 1. The summed E-state index contributed by atoms with van der Waals surface area (Å²) in [6.45, 7) is 1.62. The van der Waals surface area contributed by atoms with Crippen LogP contribution >= 0.6 is 11.8 Å². The van der Waals surface area contributed by atoms with Gasteiger partial charge in [0.05, 0.1) is 24.0 Å². The lowest BCUT2D eigenvalue weighted by atomic mass is 10.1. The van der Waals surface area contributed by atoms with Crippen molar-refractivity contribution in [1.82, 2.24) is 10.3 Å². The Morgan fingerprint density at radius 2 is 2.07 bits per heavy atom. The fraction of sp³-hybridized carbons (Fsp3) is 0.278. The smallest absolute Gasteiger partial charge is 0.417 e. The summed E-state index contributed by atoms with van der Waals surface area (Å²) in [4.78, 5) is 16.0. The zero-order valence-electron chi connectivity index (χ0n) is 14.6. The molecule has 9 heteroatoms. The lowest BCUT2D eigenvalue weighted by Gasteiger charge is -2.13. The van der Waals surface area contributed by atoms with Gasteiger partial charge in [0.2, 0.25) is 5.91 Å². The van der Waals surface area contributed by atoms with Gasteiger partial charge in [-0.05, 0) is 19.1 Å². The molecule has 0 bridgehead atoms. The SMILES string of the molecule is COc1ccccc1CNC(=O)CSc1nc(C)cc(C(F)(F)F)c1C#N. The van der Waals surface area contributed by atoms with Crippen LogP contribution in [0.3, 0.4) is 0 Å². The van der Waals surface area contributed by atoms with E-state index in [2.05, 4.69) is 10.3 Å². The largest absolute Gasteiger partial charge is 0.496 e. The van der Waals surface area contributed by atoms with Crippen molar-refractivity contribution < 1.29 is 22.7 Å². The van der Waals surface area contributed by atoms with Gasteiger partial charge in [0, 0.05) is 17.8 Å². The van der Waals surface area contributed by atoms with Crippen molar-refractivity contribution in [2.45, 2.75) is 24.7 Å². The molecule has 0 unspecified atom stereocenters. The molecule has 0 aliphatic carbocycles. The molecule has 0 aliphatic rings. The second-order valence-corrected chi connectivity index (χ2v) is 6.44. The number of para-hydroxylation sites is 1. The molecular formula is C18H16F3N3O2S. The minimum absolute atomic E-state index is 0.114. The van der Waals surface area contributed by atoms with Crippen LogP contribution in [-0.2, 0) is 17.5 Å². The maximum absolute atomic E-state index is 13.1. The first-order chi connectivity index (χ1) is 12.8. The van der Waals surface area contributed by atoms with E-state index in [1.165, 1.54) is 14.0 Å². The number of carbonyl (C=O) groups excluding carboxylic acids is 1. The highest BCUT2D eigenvalue weighted by molar-refractivity contribution is 8.00. The van der Waals surface area contributed by atoms with E-state index in [4.69, 9.17) is 10.00 Å². The molecule has 27 heavy (non-hydrogen) atoms. The summed E-state index contributed by atoms with van der Waals surface area (Å²) >= 11 is 0.792. The first-order valence-corrected chi connectivity index (χ1v) is 8.75. The lowest BCUT2D eigenvalue weighted by molar-refractivity contribution is -0.138. The summed E-state index contributed by atoms with van der Waals surface area (Å²) in [6, 6.07) is 9.51. The second-order valence-electron chi connectivity index (χ2n) is 5.48. The summed E-state index contributed by atoms with van der Waals surface area (Å²) < 4.78 is 44.5. The summed E-state index contributed by atoms with van der Waals surface area (Å²) in [5.74, 6) is 0.0523. The number of benzene rings is 1. The van der Waals surface area contributed by atoms with Crippen LogP contribution < -0.4 is 10.1 Å². The predicted octanol–water partition coefficient (Wildman–Crippen LogP) is 3.70. The first kappa shape index (κ1) is 20.6. The highest BCUT2D eigenvalue weighted by Crippen LogP contribution is 2.35. The van der Waals surface area contributed by atoms with E-state index in [-0.39, 0.29) is 23.0 Å². The van der Waals surface area contributed by atoms with Crippen molar-refractivity contribution in [3.63, 3.8) is 0 Å². The van der Waals surface area contributed by atoms with Crippen molar-refractivity contribution >= 4 is 17.7 Å². The van der Waals surface area contributed by atoms with Crippen LogP contribution in [0, 0.1) is 18.3 Å². The van der Waals surface area contributed by atoms with E-state index in [1.807, 2.05) is 0 Å². The first-order valence-electron chi connectivity index (χ1n) is 7.76. The van der Waals surface area contributed by atoms with Crippen molar-refractivity contribution in [1.29, 1.82) is 5.26 Å². The standard InChI is InChI=1S/C18H16F3N3O2S/c1-11-7-14(18(19,20)21)13(8-22)17(24-11)27-10-16(25)23-9-12-5-3-4-6-15(12)26-2/h3-7H,9-10H2,1-2H3,(H,23,25). The molecule has 1 amide bonds. The Hall–Kier alpha value is -2.73. The molecular weight excluding hydrogens is 379 g/mol. The summed E-state index contributed by atoms with van der Waals surface area (Å²) in [7, 11) is 1.52. The van der Waals surface area contributed by atoms with E-state index in [0.717, 1.165) is 23.4 Å². The summed E-state index contributed by atoms with van der Waals surface area (Å²) in [5.41, 5.74) is -0.729. The van der Waals surface area contributed by atoms with Gasteiger partial charge in [-0.25, -0.2) is 4.98 Å². The maximum atomic E-state index is 13.1. The Bertz CT molecular complexity index is 879. The van der Waals surface area contributed by atoms with Gasteiger partial charge >= 0.3 is 6.18 Å². The van der Waals surface area contributed by atoms with Crippen molar-refractivity contribution in [2.75, 3.05) is 12.9 Å². The van der Waals surface area contributed by atoms with E-state index in [0.29, 0.717) is 5.75 Å². The molecule has 2 aromatic rings. The van der Waals surface area contributed by atoms with Crippen LogP contribution in [0.15, 0.2) is 35.4 Å². The van der Waals surface area contributed by atoms with Crippen LogP contribution in [0.4, 0.5) is 13.2 Å². The topological polar surface area (TPSA) is 75.0 Å². The number of aryl methyl sites for hydroxylation is 1. The third-order valence-corrected chi connectivity index (χ3v) is 4.52. The number of pyridine rings is 1. The van der Waals surface area contributed by atoms with Gasteiger partial charge in [0.25, 0.3) is 0 Å². The number of carbonyl (C=O) groups is 1. The fourth-order valence-electron chi connectivity index (χ4n) is 2.31. The van der Waals surface area contributed by atoms with E-state index >= 15 is 0 Å². The molecule has 1 heterocycles. The van der Waals surface area contributed by atoms with Gasteiger partial charge < -0.3 is 10.1 Å². The Balaban J connectivity index is 2.07. The number of rotatable bonds is 6. The Labute approximate surface area is 158 Å². The van der Waals surface area contributed by atoms with E-state index in [1.54, 1.807) is 30.3 Å². The molecule has 1 N–H and O–H groups in total. The molecule has 2 rings (SSSR count). The van der Waals surface area contributed by atoms with Gasteiger partial charge in [-0.2, -0.15) is 18.4 Å². The zero-order chi connectivity index (χ0) is 20.0. The minimum atomic E-state index is -4.67. The summed E-state index contributed by atoms with van der Waals surface area (Å²) in [6.07, 6.45) is -4.67. The van der Waals surface area contributed by atoms with Gasteiger partial charge in [-0.15, -0.1) is 0 Å². The maximum Gasteiger partial charge on any atom is 0.417 e. The third kappa shape index (κ3) is 5.37. The number of aromatic nitrogens is 1. The highest BCUT2D eigenvalue weighted by atomic mass is 32.2. The Morgan fingerprint density at radius 3 is 2.70 bits per heavy atom. The zero-order valence-corrected chi connectivity index (χ0v) is 15.4. The van der Waals surface area contributed by atoms with Gasteiger partial charge in [-0.3, -0.25) is 4.79 Å². The lowest BCUT2D eigenvalue weighted by Crippen LogP contribution is -2.25. The van der Waals surface area contributed by atoms with Crippen LogP contribution in [0.5, 0.6) is 5.75 Å². The number of hydrogen-bond donors (Lipinski definition) is 1. The summed E-state index contributed by atoms with van der Waals surface area (Å²) in [5, 5.41) is 11.7. The number of hydrogen-bond acceptors (Lipinski definition) is 5. The van der Waals surface area contributed by atoms with E-state index in [9.17, 15) is 18.0 Å².